The Kier molecular flexibility index (Phi) is 4.93. The van der Waals surface area contributed by atoms with Crippen molar-refractivity contribution in [2.45, 2.75) is 26.3 Å². The van der Waals surface area contributed by atoms with Gasteiger partial charge in [0.05, 0.1) is 0 Å². The van der Waals surface area contributed by atoms with Gasteiger partial charge in [0.15, 0.2) is 0 Å². The summed E-state index contributed by atoms with van der Waals surface area (Å²) in [5, 5.41) is 12.2. The molecule has 1 aromatic carbocycles. The van der Waals surface area contributed by atoms with Gasteiger partial charge in [0.1, 0.15) is 0 Å². The van der Waals surface area contributed by atoms with Crippen LogP contribution in [0.15, 0.2) is 18.2 Å². The van der Waals surface area contributed by atoms with Gasteiger partial charge in [-0.2, -0.15) is 0 Å². The molecule has 0 unspecified atom stereocenters. The fourth-order valence-corrected chi connectivity index (χ4v) is 2.57. The zero-order chi connectivity index (χ0) is 13.7. The molecule has 0 fully saturated rings. The summed E-state index contributed by atoms with van der Waals surface area (Å²) in [6, 6.07) is 5.97. The molecule has 1 aromatic rings. The van der Waals surface area contributed by atoms with Crippen molar-refractivity contribution in [3.8, 4) is 0 Å². The van der Waals surface area contributed by atoms with Crippen molar-refractivity contribution in [1.29, 1.82) is 0 Å². The maximum absolute atomic E-state index is 12.6. The van der Waals surface area contributed by atoms with Crippen LogP contribution in [-0.4, -0.2) is 42.2 Å². The highest BCUT2D eigenvalue weighted by Crippen LogP contribution is 2.20. The van der Waals surface area contributed by atoms with Gasteiger partial charge in [-0.3, -0.25) is 4.79 Å². The summed E-state index contributed by atoms with van der Waals surface area (Å²) in [7, 11) is 0. The number of hydrogen-bond acceptors (Lipinski definition) is 3. The summed E-state index contributed by atoms with van der Waals surface area (Å²) in [5.41, 5.74) is 3.25. The second kappa shape index (κ2) is 6.68. The monoisotopic (exact) mass is 262 g/mol. The number of aliphatic hydroxyl groups is 1. The summed E-state index contributed by atoms with van der Waals surface area (Å²) in [6.07, 6.45) is 1.55. The fraction of sp³-hybridized carbons (Fsp3) is 0.533. The third-order valence-electron chi connectivity index (χ3n) is 3.63. The number of aliphatic hydroxyl groups excluding tert-OH is 1. The van der Waals surface area contributed by atoms with E-state index in [0.29, 0.717) is 19.5 Å². The molecule has 2 rings (SSSR count). The highest BCUT2D eigenvalue weighted by atomic mass is 16.3. The molecular formula is C15H22N2O2. The smallest absolute Gasteiger partial charge is 0.254 e. The van der Waals surface area contributed by atoms with Crippen molar-refractivity contribution in [3.05, 3.63) is 34.9 Å². The third kappa shape index (κ3) is 3.14. The van der Waals surface area contributed by atoms with Crippen LogP contribution >= 0.6 is 0 Å². The number of rotatable bonds is 5. The Morgan fingerprint density at radius 3 is 3.05 bits per heavy atom. The summed E-state index contributed by atoms with van der Waals surface area (Å²) < 4.78 is 0. The standard InChI is InChI=1S/C15H22N2O2/c1-2-17(9-4-10-18)15(19)14-6-3-5-12-11-16-8-7-13(12)14/h3,5-6,16,18H,2,4,7-11H2,1H3. The number of carbonyl (C=O) groups is 1. The van der Waals surface area contributed by atoms with Crippen LogP contribution in [-0.2, 0) is 13.0 Å². The molecule has 4 nitrogen and oxygen atoms in total. The van der Waals surface area contributed by atoms with Crippen LogP contribution in [0.4, 0.5) is 0 Å². The van der Waals surface area contributed by atoms with Crippen LogP contribution in [0.3, 0.4) is 0 Å². The zero-order valence-corrected chi connectivity index (χ0v) is 11.5. The molecule has 2 N–H and O–H groups in total. The van der Waals surface area contributed by atoms with Crippen LogP contribution in [0.1, 0.15) is 34.8 Å². The highest BCUT2D eigenvalue weighted by Gasteiger charge is 2.20. The van der Waals surface area contributed by atoms with Crippen molar-refractivity contribution in [2.24, 2.45) is 0 Å². The molecule has 19 heavy (non-hydrogen) atoms. The topological polar surface area (TPSA) is 52.6 Å². The molecule has 0 aliphatic carbocycles. The van der Waals surface area contributed by atoms with Gasteiger partial charge in [0.25, 0.3) is 5.91 Å². The molecule has 0 bridgehead atoms. The predicted octanol–water partition coefficient (Wildman–Crippen LogP) is 1.18. The average molecular weight is 262 g/mol. The third-order valence-corrected chi connectivity index (χ3v) is 3.63. The van der Waals surface area contributed by atoms with E-state index in [4.69, 9.17) is 5.11 Å². The van der Waals surface area contributed by atoms with Gasteiger partial charge in [-0.05, 0) is 43.5 Å². The lowest BCUT2D eigenvalue weighted by molar-refractivity contribution is 0.0753. The lowest BCUT2D eigenvalue weighted by Crippen LogP contribution is -2.34. The molecule has 104 valence electrons. The molecule has 0 saturated heterocycles. The SMILES string of the molecule is CCN(CCCO)C(=O)c1cccc2c1CCNC2. The van der Waals surface area contributed by atoms with Crippen molar-refractivity contribution in [3.63, 3.8) is 0 Å². The maximum Gasteiger partial charge on any atom is 0.254 e. The molecule has 0 radical (unpaired) electrons. The minimum Gasteiger partial charge on any atom is -0.396 e. The second-order valence-electron chi connectivity index (χ2n) is 4.83. The predicted molar refractivity (Wildman–Crippen MR) is 75.1 cm³/mol. The van der Waals surface area contributed by atoms with Crippen LogP contribution in [0.5, 0.6) is 0 Å². The van der Waals surface area contributed by atoms with Gasteiger partial charge in [-0.25, -0.2) is 0 Å². The zero-order valence-electron chi connectivity index (χ0n) is 11.5. The molecule has 1 aliphatic rings. The number of amides is 1. The van der Waals surface area contributed by atoms with Crippen LogP contribution < -0.4 is 5.32 Å². The van der Waals surface area contributed by atoms with E-state index in [9.17, 15) is 4.79 Å². The summed E-state index contributed by atoms with van der Waals surface area (Å²) >= 11 is 0. The molecule has 1 amide bonds. The van der Waals surface area contributed by atoms with Crippen LogP contribution in [0.2, 0.25) is 0 Å². The summed E-state index contributed by atoms with van der Waals surface area (Å²) in [4.78, 5) is 14.4. The quantitative estimate of drug-likeness (QED) is 0.837. The molecule has 1 aliphatic heterocycles. The van der Waals surface area contributed by atoms with E-state index >= 15 is 0 Å². The van der Waals surface area contributed by atoms with Gasteiger partial charge < -0.3 is 15.3 Å². The van der Waals surface area contributed by atoms with E-state index in [2.05, 4.69) is 11.4 Å². The Balaban J connectivity index is 2.22. The fourth-order valence-electron chi connectivity index (χ4n) is 2.57. The number of fused-ring (bicyclic) bond motifs is 1. The number of nitrogens with zero attached hydrogens (tertiary/aromatic N) is 1. The lowest BCUT2D eigenvalue weighted by Gasteiger charge is -2.25. The Hall–Kier alpha value is -1.39. The summed E-state index contributed by atoms with van der Waals surface area (Å²) in [5.74, 6) is 0.0923. The van der Waals surface area contributed by atoms with Gasteiger partial charge in [0, 0.05) is 31.8 Å². The van der Waals surface area contributed by atoms with E-state index in [1.54, 1.807) is 0 Å². The van der Waals surface area contributed by atoms with E-state index in [1.165, 1.54) is 11.1 Å². The van der Waals surface area contributed by atoms with E-state index in [-0.39, 0.29) is 12.5 Å². The van der Waals surface area contributed by atoms with Crippen molar-refractivity contribution >= 4 is 5.91 Å². The average Bonchev–Trinajstić information content (AvgIpc) is 2.47. The number of hydrogen-bond donors (Lipinski definition) is 2. The Morgan fingerprint density at radius 2 is 2.32 bits per heavy atom. The van der Waals surface area contributed by atoms with Gasteiger partial charge in [-0.1, -0.05) is 12.1 Å². The summed E-state index contributed by atoms with van der Waals surface area (Å²) in [6.45, 7) is 5.18. The second-order valence-corrected chi connectivity index (χ2v) is 4.83. The van der Waals surface area contributed by atoms with E-state index < -0.39 is 0 Å². The van der Waals surface area contributed by atoms with Gasteiger partial charge >= 0.3 is 0 Å². The van der Waals surface area contributed by atoms with Crippen LogP contribution in [0, 0.1) is 0 Å². The van der Waals surface area contributed by atoms with Gasteiger partial charge in [-0.15, -0.1) is 0 Å². The minimum absolute atomic E-state index is 0.0923. The highest BCUT2D eigenvalue weighted by molar-refractivity contribution is 5.96. The molecule has 0 spiro atoms. The first-order chi connectivity index (χ1) is 9.27. The normalized spacial score (nSPS) is 14.0. The lowest BCUT2D eigenvalue weighted by atomic mass is 9.94. The van der Waals surface area contributed by atoms with Crippen molar-refractivity contribution < 1.29 is 9.90 Å². The Labute approximate surface area is 114 Å². The molecule has 0 saturated carbocycles. The molecule has 1 heterocycles. The molecule has 0 aromatic heterocycles. The minimum atomic E-state index is 0.0923. The van der Waals surface area contributed by atoms with Crippen molar-refractivity contribution in [2.75, 3.05) is 26.2 Å². The van der Waals surface area contributed by atoms with Crippen LogP contribution in [0.25, 0.3) is 0 Å². The first kappa shape index (κ1) is 14.0. The maximum atomic E-state index is 12.6. The molecular weight excluding hydrogens is 240 g/mol. The largest absolute Gasteiger partial charge is 0.396 e. The number of nitrogens with one attached hydrogen (secondary N) is 1. The van der Waals surface area contributed by atoms with Crippen molar-refractivity contribution in [1.82, 2.24) is 10.2 Å². The van der Waals surface area contributed by atoms with E-state index in [0.717, 1.165) is 25.1 Å². The van der Waals surface area contributed by atoms with E-state index in [1.807, 2.05) is 24.0 Å². The first-order valence-electron chi connectivity index (χ1n) is 6.99. The molecule has 0 atom stereocenters. The Bertz CT molecular complexity index is 446. The molecule has 4 heteroatoms. The number of carbonyl (C=O) groups excluding carboxylic acids is 1. The van der Waals surface area contributed by atoms with Gasteiger partial charge in [0.2, 0.25) is 0 Å². The number of benzene rings is 1. The Morgan fingerprint density at radius 1 is 1.47 bits per heavy atom. The first-order valence-corrected chi connectivity index (χ1v) is 6.99.